The van der Waals surface area contributed by atoms with Gasteiger partial charge in [-0.3, -0.25) is 0 Å². The molecular formula is C15H20Cl2N4. The van der Waals surface area contributed by atoms with Gasteiger partial charge in [0.15, 0.2) is 0 Å². The Labute approximate surface area is 135 Å². The van der Waals surface area contributed by atoms with Crippen molar-refractivity contribution in [1.82, 2.24) is 20.3 Å². The predicted molar refractivity (Wildman–Crippen MR) is 86.9 cm³/mol. The van der Waals surface area contributed by atoms with Crippen LogP contribution in [-0.4, -0.2) is 21.5 Å². The van der Waals surface area contributed by atoms with Gasteiger partial charge >= 0.3 is 0 Å². The molecule has 2 rings (SSSR count). The maximum Gasteiger partial charge on any atom is 0.0802 e. The van der Waals surface area contributed by atoms with E-state index in [4.69, 9.17) is 23.2 Å². The molecule has 1 aromatic carbocycles. The van der Waals surface area contributed by atoms with Crippen molar-refractivity contribution in [3.8, 4) is 0 Å². The van der Waals surface area contributed by atoms with Crippen LogP contribution in [0.1, 0.15) is 44.0 Å². The third kappa shape index (κ3) is 3.96. The summed E-state index contributed by atoms with van der Waals surface area (Å²) in [5.41, 5.74) is 2.02. The Kier molecular flexibility index (Phi) is 6.03. The van der Waals surface area contributed by atoms with Gasteiger partial charge in [0, 0.05) is 16.6 Å². The van der Waals surface area contributed by atoms with Crippen LogP contribution in [0.15, 0.2) is 24.4 Å². The molecule has 0 bridgehead atoms. The highest BCUT2D eigenvalue weighted by Gasteiger charge is 2.21. The van der Waals surface area contributed by atoms with Crippen LogP contribution in [0.5, 0.6) is 0 Å². The number of benzene rings is 1. The zero-order chi connectivity index (χ0) is 15.2. The van der Waals surface area contributed by atoms with Crippen molar-refractivity contribution in [1.29, 1.82) is 0 Å². The van der Waals surface area contributed by atoms with E-state index in [-0.39, 0.29) is 6.04 Å². The highest BCUT2D eigenvalue weighted by atomic mass is 35.5. The molecule has 0 fully saturated rings. The lowest BCUT2D eigenvalue weighted by molar-refractivity contribution is 0.504. The predicted octanol–water partition coefficient (Wildman–Crippen LogP) is 4.08. The smallest absolute Gasteiger partial charge is 0.0802 e. The van der Waals surface area contributed by atoms with Gasteiger partial charge in [-0.15, -0.1) is 5.10 Å². The molecular weight excluding hydrogens is 307 g/mol. The number of aromatic nitrogens is 3. The molecule has 4 nitrogen and oxygen atoms in total. The van der Waals surface area contributed by atoms with Crippen molar-refractivity contribution in [2.24, 2.45) is 0 Å². The van der Waals surface area contributed by atoms with Gasteiger partial charge in [0.05, 0.1) is 17.9 Å². The average Bonchev–Trinajstić information content (AvgIpc) is 2.90. The van der Waals surface area contributed by atoms with Crippen molar-refractivity contribution in [3.63, 3.8) is 0 Å². The van der Waals surface area contributed by atoms with Crippen molar-refractivity contribution in [3.05, 3.63) is 45.7 Å². The van der Waals surface area contributed by atoms with Crippen molar-refractivity contribution in [2.75, 3.05) is 6.54 Å². The van der Waals surface area contributed by atoms with Crippen LogP contribution in [0.4, 0.5) is 0 Å². The number of aryl methyl sites for hydroxylation is 1. The lowest BCUT2D eigenvalue weighted by atomic mass is 10.0. The van der Waals surface area contributed by atoms with E-state index < -0.39 is 0 Å². The number of hydrogen-bond acceptors (Lipinski definition) is 3. The minimum absolute atomic E-state index is 0.0312. The first-order valence-corrected chi connectivity index (χ1v) is 7.99. The van der Waals surface area contributed by atoms with Gasteiger partial charge < -0.3 is 5.32 Å². The highest BCUT2D eigenvalue weighted by Crippen LogP contribution is 2.30. The first-order chi connectivity index (χ1) is 10.2. The van der Waals surface area contributed by atoms with Crippen molar-refractivity contribution in [2.45, 2.75) is 39.3 Å². The third-order valence-electron chi connectivity index (χ3n) is 3.25. The van der Waals surface area contributed by atoms with E-state index in [1.165, 1.54) is 0 Å². The first kappa shape index (κ1) is 16.3. The molecule has 1 atom stereocenters. The largest absolute Gasteiger partial charge is 0.305 e. The van der Waals surface area contributed by atoms with Crippen LogP contribution in [0.25, 0.3) is 0 Å². The van der Waals surface area contributed by atoms with E-state index in [0.717, 1.165) is 37.2 Å². The summed E-state index contributed by atoms with van der Waals surface area (Å²) in [5, 5.41) is 13.0. The van der Waals surface area contributed by atoms with E-state index >= 15 is 0 Å². The maximum absolute atomic E-state index is 6.37. The van der Waals surface area contributed by atoms with Gasteiger partial charge in [-0.05, 0) is 37.1 Å². The second-order valence-corrected chi connectivity index (χ2v) is 5.78. The molecule has 1 aromatic heterocycles. The molecule has 0 aliphatic heterocycles. The first-order valence-electron chi connectivity index (χ1n) is 7.24. The fourth-order valence-electron chi connectivity index (χ4n) is 2.27. The summed E-state index contributed by atoms with van der Waals surface area (Å²) in [6.07, 6.45) is 3.84. The Bertz CT molecular complexity index is 583. The topological polar surface area (TPSA) is 42.7 Å². The molecule has 0 saturated heterocycles. The van der Waals surface area contributed by atoms with Gasteiger partial charge in [0.1, 0.15) is 0 Å². The molecule has 0 aliphatic carbocycles. The van der Waals surface area contributed by atoms with Crippen LogP contribution in [0.3, 0.4) is 0 Å². The van der Waals surface area contributed by atoms with Gasteiger partial charge in [-0.1, -0.05) is 48.3 Å². The number of nitrogens with one attached hydrogen (secondary N) is 1. The molecule has 6 heteroatoms. The Balaban J connectivity index is 2.39. The summed E-state index contributed by atoms with van der Waals surface area (Å²) in [6.45, 7) is 5.98. The molecule has 1 N–H and O–H groups in total. The van der Waals surface area contributed by atoms with Crippen LogP contribution in [0.2, 0.25) is 10.0 Å². The van der Waals surface area contributed by atoms with Crippen molar-refractivity contribution >= 4 is 23.2 Å². The SMILES string of the molecule is CCCNC(c1ccc(Cl)cc1Cl)c1cnnn1CCC. The molecule has 0 aliphatic rings. The molecule has 1 unspecified atom stereocenters. The number of hydrogen-bond donors (Lipinski definition) is 1. The van der Waals surface area contributed by atoms with E-state index in [9.17, 15) is 0 Å². The van der Waals surface area contributed by atoms with Gasteiger partial charge in [0.2, 0.25) is 0 Å². The standard InChI is InChI=1S/C15H20Cl2N4/c1-3-7-18-15(12-6-5-11(16)9-13(12)17)14-10-19-20-21(14)8-4-2/h5-6,9-10,15,18H,3-4,7-8H2,1-2H3. The van der Waals surface area contributed by atoms with Crippen LogP contribution >= 0.6 is 23.2 Å². The van der Waals surface area contributed by atoms with Crippen LogP contribution < -0.4 is 5.32 Å². The quantitative estimate of drug-likeness (QED) is 0.833. The Morgan fingerprint density at radius 1 is 1.24 bits per heavy atom. The molecule has 21 heavy (non-hydrogen) atoms. The Morgan fingerprint density at radius 3 is 2.71 bits per heavy atom. The van der Waals surface area contributed by atoms with Gasteiger partial charge in [-0.25, -0.2) is 4.68 Å². The molecule has 0 spiro atoms. The highest BCUT2D eigenvalue weighted by molar-refractivity contribution is 6.35. The second-order valence-electron chi connectivity index (χ2n) is 4.93. The lowest BCUT2D eigenvalue weighted by Gasteiger charge is -2.21. The monoisotopic (exact) mass is 326 g/mol. The number of rotatable bonds is 7. The normalized spacial score (nSPS) is 12.6. The van der Waals surface area contributed by atoms with E-state index in [2.05, 4.69) is 29.5 Å². The number of nitrogens with zero attached hydrogens (tertiary/aromatic N) is 3. The lowest BCUT2D eigenvalue weighted by Crippen LogP contribution is -2.26. The zero-order valence-corrected chi connectivity index (χ0v) is 13.8. The molecule has 2 aromatic rings. The van der Waals surface area contributed by atoms with Gasteiger partial charge in [0.25, 0.3) is 0 Å². The maximum atomic E-state index is 6.37. The summed E-state index contributed by atoms with van der Waals surface area (Å²) >= 11 is 12.4. The van der Waals surface area contributed by atoms with Crippen LogP contribution in [0, 0.1) is 0 Å². The third-order valence-corrected chi connectivity index (χ3v) is 3.81. The minimum Gasteiger partial charge on any atom is -0.305 e. The molecule has 1 heterocycles. The van der Waals surface area contributed by atoms with E-state index in [0.29, 0.717) is 10.0 Å². The second kappa shape index (κ2) is 7.78. The summed E-state index contributed by atoms with van der Waals surface area (Å²) in [4.78, 5) is 0. The van der Waals surface area contributed by atoms with Crippen LogP contribution in [-0.2, 0) is 6.54 Å². The van der Waals surface area contributed by atoms with Gasteiger partial charge in [-0.2, -0.15) is 0 Å². The zero-order valence-electron chi connectivity index (χ0n) is 12.3. The number of halogens is 2. The average molecular weight is 327 g/mol. The minimum atomic E-state index is -0.0312. The fourth-order valence-corrected chi connectivity index (χ4v) is 2.79. The Hall–Kier alpha value is -1.10. The summed E-state index contributed by atoms with van der Waals surface area (Å²) in [7, 11) is 0. The fraction of sp³-hybridized carbons (Fsp3) is 0.467. The summed E-state index contributed by atoms with van der Waals surface area (Å²) in [6, 6.07) is 5.56. The molecule has 0 radical (unpaired) electrons. The molecule has 0 amide bonds. The van der Waals surface area contributed by atoms with Crippen molar-refractivity contribution < 1.29 is 0 Å². The van der Waals surface area contributed by atoms with E-state index in [1.54, 1.807) is 12.3 Å². The molecule has 114 valence electrons. The summed E-state index contributed by atoms with van der Waals surface area (Å²) < 4.78 is 1.93. The van der Waals surface area contributed by atoms with E-state index in [1.807, 2.05) is 16.8 Å². The molecule has 0 saturated carbocycles. The Morgan fingerprint density at radius 2 is 2.05 bits per heavy atom. The summed E-state index contributed by atoms with van der Waals surface area (Å²) in [5.74, 6) is 0.